The summed E-state index contributed by atoms with van der Waals surface area (Å²) in [6, 6.07) is 7.03. The smallest absolute Gasteiger partial charge is 0.243 e. The van der Waals surface area contributed by atoms with E-state index in [0.29, 0.717) is 32.1 Å². The Bertz CT molecular complexity index is 939. The van der Waals surface area contributed by atoms with E-state index in [0.717, 1.165) is 23.7 Å². The van der Waals surface area contributed by atoms with Crippen molar-refractivity contribution in [2.24, 2.45) is 5.92 Å². The summed E-state index contributed by atoms with van der Waals surface area (Å²) < 4.78 is 30.4. The highest BCUT2D eigenvalue weighted by Crippen LogP contribution is 2.28. The van der Waals surface area contributed by atoms with Gasteiger partial charge in [-0.25, -0.2) is 13.4 Å². The number of likely N-dealkylation sites (tertiary alicyclic amines) is 1. The predicted molar refractivity (Wildman–Crippen MR) is 113 cm³/mol. The maximum Gasteiger partial charge on any atom is 0.243 e. The standard InChI is InChI=1S/C20H25BrN4O3S/c21-17-3-5-19(6-4-17)29(27,28)25-10-1-2-16(14-25)20(26)23-11-7-18(8-12-23)24-13-9-22-15-24/h3-6,9,13,15-16,18H,1-2,7-8,10-12,14H2. The van der Waals surface area contributed by atoms with Gasteiger partial charge in [0.25, 0.3) is 0 Å². The SMILES string of the molecule is O=C(C1CCCN(S(=O)(=O)c2ccc(Br)cc2)C1)N1CCC(n2ccnc2)CC1. The van der Waals surface area contributed by atoms with Crippen molar-refractivity contribution in [3.8, 4) is 0 Å². The van der Waals surface area contributed by atoms with Crippen molar-refractivity contribution in [2.45, 2.75) is 36.6 Å². The van der Waals surface area contributed by atoms with E-state index < -0.39 is 10.0 Å². The highest BCUT2D eigenvalue weighted by atomic mass is 79.9. The van der Waals surface area contributed by atoms with E-state index in [-0.39, 0.29) is 23.3 Å². The fraction of sp³-hybridized carbons (Fsp3) is 0.500. The van der Waals surface area contributed by atoms with E-state index in [2.05, 4.69) is 25.5 Å². The van der Waals surface area contributed by atoms with Crippen LogP contribution in [0.15, 0.2) is 52.4 Å². The van der Waals surface area contributed by atoms with Gasteiger partial charge in [-0.3, -0.25) is 4.79 Å². The average molecular weight is 481 g/mol. The molecule has 29 heavy (non-hydrogen) atoms. The molecule has 0 bridgehead atoms. The molecule has 156 valence electrons. The minimum atomic E-state index is -3.58. The van der Waals surface area contributed by atoms with Gasteiger partial charge in [0.1, 0.15) is 0 Å². The Hall–Kier alpha value is -1.71. The third kappa shape index (κ3) is 4.41. The molecule has 1 aromatic carbocycles. The number of hydrogen-bond acceptors (Lipinski definition) is 4. The van der Waals surface area contributed by atoms with Gasteiger partial charge < -0.3 is 9.47 Å². The van der Waals surface area contributed by atoms with Gasteiger partial charge in [0, 0.05) is 49.1 Å². The molecule has 3 heterocycles. The van der Waals surface area contributed by atoms with E-state index >= 15 is 0 Å². The molecule has 2 fully saturated rings. The summed E-state index contributed by atoms with van der Waals surface area (Å²) in [6.07, 6.45) is 8.82. The molecule has 2 aliphatic rings. The van der Waals surface area contributed by atoms with E-state index in [4.69, 9.17) is 0 Å². The van der Waals surface area contributed by atoms with Crippen LogP contribution in [0.5, 0.6) is 0 Å². The van der Waals surface area contributed by atoms with E-state index in [1.165, 1.54) is 4.31 Å². The first-order chi connectivity index (χ1) is 13.9. The number of rotatable bonds is 4. The Kier molecular flexibility index (Phi) is 6.08. The quantitative estimate of drug-likeness (QED) is 0.673. The lowest BCUT2D eigenvalue weighted by Gasteiger charge is -2.37. The second-order valence-corrected chi connectivity index (χ2v) is 10.6. The molecule has 0 spiro atoms. The Morgan fingerprint density at radius 3 is 2.45 bits per heavy atom. The van der Waals surface area contributed by atoms with Gasteiger partial charge >= 0.3 is 0 Å². The number of sulfonamides is 1. The number of hydrogen-bond donors (Lipinski definition) is 0. The lowest BCUT2D eigenvalue weighted by atomic mass is 9.96. The van der Waals surface area contributed by atoms with Gasteiger partial charge in [-0.05, 0) is 49.9 Å². The molecular formula is C20H25BrN4O3S. The third-order valence-electron chi connectivity index (χ3n) is 5.91. The predicted octanol–water partition coefficient (Wildman–Crippen LogP) is 2.91. The van der Waals surface area contributed by atoms with Crippen LogP contribution < -0.4 is 0 Å². The van der Waals surface area contributed by atoms with Crippen LogP contribution in [-0.2, 0) is 14.8 Å². The number of aromatic nitrogens is 2. The third-order valence-corrected chi connectivity index (χ3v) is 8.32. The molecule has 2 aliphatic heterocycles. The molecule has 4 rings (SSSR count). The largest absolute Gasteiger partial charge is 0.342 e. The summed E-state index contributed by atoms with van der Waals surface area (Å²) in [5.41, 5.74) is 0. The number of amides is 1. The van der Waals surface area contributed by atoms with Crippen molar-refractivity contribution in [2.75, 3.05) is 26.2 Å². The molecule has 0 aliphatic carbocycles. The zero-order valence-corrected chi connectivity index (χ0v) is 18.6. The molecule has 0 radical (unpaired) electrons. The van der Waals surface area contributed by atoms with Crippen LogP contribution in [0.2, 0.25) is 0 Å². The second kappa shape index (κ2) is 8.57. The average Bonchev–Trinajstić information content (AvgIpc) is 3.29. The number of piperidine rings is 2. The Balaban J connectivity index is 1.39. The van der Waals surface area contributed by atoms with Gasteiger partial charge in [-0.2, -0.15) is 4.31 Å². The maximum absolute atomic E-state index is 13.1. The molecular weight excluding hydrogens is 456 g/mol. The Morgan fingerprint density at radius 2 is 1.79 bits per heavy atom. The summed E-state index contributed by atoms with van der Waals surface area (Å²) in [4.78, 5) is 19.4. The lowest BCUT2D eigenvalue weighted by Crippen LogP contribution is -2.48. The van der Waals surface area contributed by atoms with Crippen LogP contribution in [0.3, 0.4) is 0 Å². The number of halogens is 1. The number of carbonyl (C=O) groups excluding carboxylic acids is 1. The molecule has 2 saturated heterocycles. The molecule has 1 amide bonds. The minimum absolute atomic E-state index is 0.0878. The molecule has 2 aromatic rings. The first kappa shape index (κ1) is 20.6. The highest BCUT2D eigenvalue weighted by molar-refractivity contribution is 9.10. The zero-order valence-electron chi connectivity index (χ0n) is 16.2. The summed E-state index contributed by atoms with van der Waals surface area (Å²) in [6.45, 7) is 2.14. The Morgan fingerprint density at radius 1 is 1.07 bits per heavy atom. The van der Waals surface area contributed by atoms with Gasteiger partial charge in [0.15, 0.2) is 0 Å². The number of imidazole rings is 1. The van der Waals surface area contributed by atoms with Gasteiger partial charge in [-0.1, -0.05) is 15.9 Å². The number of benzene rings is 1. The van der Waals surface area contributed by atoms with Crippen molar-refractivity contribution in [3.05, 3.63) is 47.5 Å². The fourth-order valence-corrected chi connectivity index (χ4v) is 6.03. The molecule has 7 nitrogen and oxygen atoms in total. The normalized spacial score (nSPS) is 22.0. The van der Waals surface area contributed by atoms with E-state index in [1.54, 1.807) is 30.5 Å². The molecule has 0 N–H and O–H groups in total. The van der Waals surface area contributed by atoms with Crippen molar-refractivity contribution in [1.82, 2.24) is 18.8 Å². The number of nitrogens with zero attached hydrogens (tertiary/aromatic N) is 4. The van der Waals surface area contributed by atoms with Crippen LogP contribution in [-0.4, -0.2) is 59.3 Å². The summed E-state index contributed by atoms with van der Waals surface area (Å²) >= 11 is 3.33. The maximum atomic E-state index is 13.1. The second-order valence-electron chi connectivity index (χ2n) is 7.72. The van der Waals surface area contributed by atoms with Crippen molar-refractivity contribution in [1.29, 1.82) is 0 Å². The van der Waals surface area contributed by atoms with Crippen molar-refractivity contribution >= 4 is 31.9 Å². The van der Waals surface area contributed by atoms with Crippen LogP contribution in [0.4, 0.5) is 0 Å². The van der Waals surface area contributed by atoms with E-state index in [9.17, 15) is 13.2 Å². The van der Waals surface area contributed by atoms with Crippen LogP contribution in [0.1, 0.15) is 31.7 Å². The molecule has 1 atom stereocenters. The van der Waals surface area contributed by atoms with E-state index in [1.807, 2.05) is 17.4 Å². The van der Waals surface area contributed by atoms with Crippen LogP contribution in [0.25, 0.3) is 0 Å². The van der Waals surface area contributed by atoms with Crippen LogP contribution >= 0.6 is 15.9 Å². The molecule has 1 unspecified atom stereocenters. The summed E-state index contributed by atoms with van der Waals surface area (Å²) in [5, 5.41) is 0. The van der Waals surface area contributed by atoms with Crippen molar-refractivity contribution in [3.63, 3.8) is 0 Å². The van der Waals surface area contributed by atoms with Gasteiger partial charge in [0.05, 0.1) is 17.1 Å². The lowest BCUT2D eigenvalue weighted by molar-refractivity contribution is -0.138. The van der Waals surface area contributed by atoms with Gasteiger partial charge in [-0.15, -0.1) is 0 Å². The Labute approximate surface area is 179 Å². The van der Waals surface area contributed by atoms with Crippen LogP contribution in [0, 0.1) is 5.92 Å². The van der Waals surface area contributed by atoms with Gasteiger partial charge in [0.2, 0.25) is 15.9 Å². The molecule has 0 saturated carbocycles. The highest BCUT2D eigenvalue weighted by Gasteiger charge is 2.36. The molecule has 9 heteroatoms. The minimum Gasteiger partial charge on any atom is -0.342 e. The summed E-state index contributed by atoms with van der Waals surface area (Å²) in [7, 11) is -3.58. The zero-order chi connectivity index (χ0) is 20.4. The first-order valence-electron chi connectivity index (χ1n) is 9.97. The van der Waals surface area contributed by atoms with Crippen molar-refractivity contribution < 1.29 is 13.2 Å². The first-order valence-corrected chi connectivity index (χ1v) is 12.2. The number of carbonyl (C=O) groups is 1. The topological polar surface area (TPSA) is 75.5 Å². The molecule has 1 aromatic heterocycles. The summed E-state index contributed by atoms with van der Waals surface area (Å²) in [5.74, 6) is -0.177. The fourth-order valence-electron chi connectivity index (χ4n) is 4.25. The monoisotopic (exact) mass is 480 g/mol.